The minimum absolute atomic E-state index is 0.0904. The molecule has 0 aromatic heterocycles. The van der Waals surface area contributed by atoms with Crippen LogP contribution in [0.25, 0.3) is 0 Å². The zero-order valence-corrected chi connectivity index (χ0v) is 14.0. The van der Waals surface area contributed by atoms with Crippen molar-refractivity contribution < 1.29 is 14.5 Å². The van der Waals surface area contributed by atoms with Crippen molar-refractivity contribution in [3.05, 3.63) is 64.9 Å². The average Bonchev–Trinajstić information content (AvgIpc) is 2.51. The molecule has 2 aromatic carbocycles. The van der Waals surface area contributed by atoms with E-state index >= 15 is 0 Å². The fourth-order valence-electron chi connectivity index (χ4n) is 2.48. The molecule has 3 N–H and O–H groups in total. The van der Waals surface area contributed by atoms with Gasteiger partial charge < -0.3 is 10.6 Å². The standard InChI is InChI=1S/C18H20ClFN2O/c1-12(2)18(13-7-9-14(20)10-8-13)21-11-17(23)22-16-6-4-3-5-15(16)19/h3-10,12,18,21H,11H2,1-2H3,(H,22,23)/p+1/t18-/m0/s1. The van der Waals surface area contributed by atoms with Crippen LogP contribution in [0.4, 0.5) is 10.1 Å². The van der Waals surface area contributed by atoms with Crippen molar-refractivity contribution >= 4 is 23.2 Å². The summed E-state index contributed by atoms with van der Waals surface area (Å²) in [5.41, 5.74) is 1.61. The molecule has 0 unspecified atom stereocenters. The van der Waals surface area contributed by atoms with Crippen LogP contribution in [-0.4, -0.2) is 12.5 Å². The third-order valence-electron chi connectivity index (χ3n) is 3.68. The largest absolute Gasteiger partial charge is 0.332 e. The molecule has 23 heavy (non-hydrogen) atoms. The molecule has 0 spiro atoms. The Morgan fingerprint density at radius 1 is 1.17 bits per heavy atom. The van der Waals surface area contributed by atoms with Crippen molar-refractivity contribution in [1.82, 2.24) is 0 Å². The van der Waals surface area contributed by atoms with Crippen LogP contribution in [0.3, 0.4) is 0 Å². The molecular weight excluding hydrogens is 315 g/mol. The van der Waals surface area contributed by atoms with Gasteiger partial charge in [0, 0.05) is 11.5 Å². The lowest BCUT2D eigenvalue weighted by Crippen LogP contribution is -2.88. The van der Waals surface area contributed by atoms with Crippen molar-refractivity contribution in [3.63, 3.8) is 0 Å². The van der Waals surface area contributed by atoms with E-state index in [4.69, 9.17) is 11.6 Å². The fourth-order valence-corrected chi connectivity index (χ4v) is 2.66. The number of amides is 1. The van der Waals surface area contributed by atoms with Crippen LogP contribution >= 0.6 is 11.6 Å². The Kier molecular flexibility index (Phi) is 6.13. The van der Waals surface area contributed by atoms with E-state index in [1.807, 2.05) is 17.4 Å². The van der Waals surface area contributed by atoms with E-state index in [1.165, 1.54) is 12.1 Å². The van der Waals surface area contributed by atoms with Gasteiger partial charge in [0.15, 0.2) is 6.54 Å². The first kappa shape index (κ1) is 17.4. The summed E-state index contributed by atoms with van der Waals surface area (Å²) in [7, 11) is 0. The third-order valence-corrected chi connectivity index (χ3v) is 4.01. The molecule has 5 heteroatoms. The second-order valence-electron chi connectivity index (χ2n) is 5.79. The molecule has 122 valence electrons. The number of carbonyl (C=O) groups is 1. The van der Waals surface area contributed by atoms with E-state index in [0.717, 1.165) is 5.56 Å². The lowest BCUT2D eigenvalue weighted by molar-refractivity contribution is -0.692. The van der Waals surface area contributed by atoms with E-state index < -0.39 is 0 Å². The molecule has 0 fully saturated rings. The molecule has 0 aliphatic rings. The summed E-state index contributed by atoms with van der Waals surface area (Å²) in [5.74, 6) is -0.0628. The van der Waals surface area contributed by atoms with Gasteiger partial charge >= 0.3 is 0 Å². The fraction of sp³-hybridized carbons (Fsp3) is 0.278. The number of hydrogen-bond donors (Lipinski definition) is 2. The Morgan fingerprint density at radius 3 is 2.43 bits per heavy atom. The lowest BCUT2D eigenvalue weighted by Gasteiger charge is -2.19. The van der Waals surface area contributed by atoms with Crippen molar-refractivity contribution in [1.29, 1.82) is 0 Å². The maximum atomic E-state index is 13.1. The number of anilines is 1. The Labute approximate surface area is 140 Å². The molecule has 0 aliphatic heterocycles. The second kappa shape index (κ2) is 8.09. The van der Waals surface area contributed by atoms with Gasteiger partial charge in [-0.2, -0.15) is 0 Å². The Hall–Kier alpha value is -1.91. The van der Waals surface area contributed by atoms with Crippen LogP contribution in [-0.2, 0) is 4.79 Å². The number of halogens is 2. The molecule has 0 aliphatic carbocycles. The maximum absolute atomic E-state index is 13.1. The van der Waals surface area contributed by atoms with Crippen molar-refractivity contribution in [2.75, 3.05) is 11.9 Å². The third kappa shape index (κ3) is 5.05. The van der Waals surface area contributed by atoms with E-state index in [1.54, 1.807) is 24.3 Å². The van der Waals surface area contributed by atoms with Gasteiger partial charge in [0.25, 0.3) is 5.91 Å². The minimum atomic E-state index is -0.257. The number of hydrogen-bond acceptors (Lipinski definition) is 1. The molecule has 0 heterocycles. The molecule has 3 nitrogen and oxygen atoms in total. The normalized spacial score (nSPS) is 12.2. The van der Waals surface area contributed by atoms with E-state index in [2.05, 4.69) is 19.2 Å². The highest BCUT2D eigenvalue weighted by atomic mass is 35.5. The van der Waals surface area contributed by atoms with Gasteiger partial charge in [-0.15, -0.1) is 0 Å². The zero-order valence-electron chi connectivity index (χ0n) is 13.2. The monoisotopic (exact) mass is 335 g/mol. The Morgan fingerprint density at radius 2 is 1.83 bits per heavy atom. The molecule has 0 bridgehead atoms. The summed E-state index contributed by atoms with van der Waals surface area (Å²) in [6.07, 6.45) is 0. The van der Waals surface area contributed by atoms with E-state index in [9.17, 15) is 9.18 Å². The zero-order chi connectivity index (χ0) is 16.8. The van der Waals surface area contributed by atoms with Crippen molar-refractivity contribution in [3.8, 4) is 0 Å². The lowest BCUT2D eigenvalue weighted by atomic mass is 9.96. The predicted molar refractivity (Wildman–Crippen MR) is 90.9 cm³/mol. The van der Waals surface area contributed by atoms with E-state index in [0.29, 0.717) is 16.6 Å². The van der Waals surface area contributed by atoms with Gasteiger partial charge in [0.05, 0.1) is 10.7 Å². The van der Waals surface area contributed by atoms with Gasteiger partial charge in [0.1, 0.15) is 11.9 Å². The van der Waals surface area contributed by atoms with Gasteiger partial charge in [-0.25, -0.2) is 4.39 Å². The highest BCUT2D eigenvalue weighted by Crippen LogP contribution is 2.20. The Bertz CT molecular complexity index is 658. The number of nitrogens with two attached hydrogens (primary N) is 1. The maximum Gasteiger partial charge on any atom is 0.279 e. The van der Waals surface area contributed by atoms with Crippen molar-refractivity contribution in [2.45, 2.75) is 19.9 Å². The van der Waals surface area contributed by atoms with Gasteiger partial charge in [0.2, 0.25) is 0 Å². The van der Waals surface area contributed by atoms with Crippen LogP contribution in [0.5, 0.6) is 0 Å². The van der Waals surface area contributed by atoms with Crippen LogP contribution in [0.15, 0.2) is 48.5 Å². The first-order valence-electron chi connectivity index (χ1n) is 7.60. The molecular formula is C18H21ClFN2O+. The quantitative estimate of drug-likeness (QED) is 0.835. The molecule has 1 amide bonds. The number of carbonyl (C=O) groups excluding carboxylic acids is 1. The first-order valence-corrected chi connectivity index (χ1v) is 7.98. The summed E-state index contributed by atoms with van der Waals surface area (Å²) in [6.45, 7) is 4.43. The van der Waals surface area contributed by atoms with Gasteiger partial charge in [-0.1, -0.05) is 49.7 Å². The number of para-hydroxylation sites is 1. The summed E-state index contributed by atoms with van der Waals surface area (Å²) in [5, 5.41) is 5.28. The summed E-state index contributed by atoms with van der Waals surface area (Å²) < 4.78 is 13.1. The van der Waals surface area contributed by atoms with Gasteiger partial charge in [-0.3, -0.25) is 4.79 Å². The molecule has 0 saturated carbocycles. The molecule has 2 aromatic rings. The highest BCUT2D eigenvalue weighted by molar-refractivity contribution is 6.33. The minimum Gasteiger partial charge on any atom is -0.332 e. The Balaban J connectivity index is 1.97. The number of quaternary nitrogens is 1. The molecule has 1 atom stereocenters. The first-order chi connectivity index (χ1) is 11.0. The molecule has 0 saturated heterocycles. The molecule has 2 rings (SSSR count). The van der Waals surface area contributed by atoms with Gasteiger partial charge in [-0.05, 0) is 24.3 Å². The topological polar surface area (TPSA) is 45.7 Å². The van der Waals surface area contributed by atoms with Crippen LogP contribution in [0.2, 0.25) is 5.02 Å². The molecule has 0 radical (unpaired) electrons. The summed E-state index contributed by atoms with van der Waals surface area (Å²) in [4.78, 5) is 12.1. The predicted octanol–water partition coefficient (Wildman–Crippen LogP) is 3.38. The SMILES string of the molecule is CC(C)[C@H]([NH2+]CC(=O)Nc1ccccc1Cl)c1ccc(F)cc1. The van der Waals surface area contributed by atoms with Crippen molar-refractivity contribution in [2.24, 2.45) is 5.92 Å². The smallest absolute Gasteiger partial charge is 0.279 e. The average molecular weight is 336 g/mol. The van der Waals surface area contributed by atoms with Crippen LogP contribution in [0.1, 0.15) is 25.5 Å². The number of rotatable bonds is 6. The summed E-state index contributed by atoms with van der Waals surface area (Å²) >= 11 is 6.03. The van der Waals surface area contributed by atoms with E-state index in [-0.39, 0.29) is 24.3 Å². The second-order valence-corrected chi connectivity index (χ2v) is 6.20. The number of nitrogens with one attached hydrogen (secondary N) is 1. The van der Waals surface area contributed by atoms with Crippen LogP contribution < -0.4 is 10.6 Å². The highest BCUT2D eigenvalue weighted by Gasteiger charge is 2.20. The number of benzene rings is 2. The van der Waals surface area contributed by atoms with Crippen LogP contribution in [0, 0.1) is 11.7 Å². The summed E-state index contributed by atoms with van der Waals surface area (Å²) in [6, 6.07) is 13.6.